The first-order valence-corrected chi connectivity index (χ1v) is 10.9. The largest absolute Gasteiger partial charge is 0.392 e. The number of hydrogen-bond acceptors (Lipinski definition) is 4. The van der Waals surface area contributed by atoms with Crippen LogP contribution in [-0.2, 0) is 0 Å². The van der Waals surface area contributed by atoms with Crippen LogP contribution in [0.2, 0.25) is 0 Å². The molecular formula is C22H35NO2S. The zero-order chi connectivity index (χ0) is 19.1. The first-order valence-electron chi connectivity index (χ1n) is 9.80. The normalized spacial score (nSPS) is 32.0. The second-order valence-corrected chi connectivity index (χ2v) is 9.12. The van der Waals surface area contributed by atoms with E-state index in [9.17, 15) is 10.2 Å². The van der Waals surface area contributed by atoms with Crippen molar-refractivity contribution in [3.63, 3.8) is 0 Å². The number of aliphatic hydroxyl groups excluding tert-OH is 2. The third kappa shape index (κ3) is 6.16. The maximum atomic E-state index is 10.5. The molecule has 0 saturated heterocycles. The van der Waals surface area contributed by atoms with Crippen LogP contribution in [0.3, 0.4) is 0 Å². The van der Waals surface area contributed by atoms with E-state index in [-0.39, 0.29) is 17.9 Å². The van der Waals surface area contributed by atoms with Gasteiger partial charge in [0.1, 0.15) is 0 Å². The summed E-state index contributed by atoms with van der Waals surface area (Å²) in [5, 5.41) is 23.1. The highest BCUT2D eigenvalue weighted by atomic mass is 32.2. The Bertz CT molecular complexity index is 560. The number of nitrogens with zero attached hydrogens (tertiary/aromatic N) is 1. The van der Waals surface area contributed by atoms with Gasteiger partial charge >= 0.3 is 0 Å². The Morgan fingerprint density at radius 2 is 2.12 bits per heavy atom. The predicted molar refractivity (Wildman–Crippen MR) is 112 cm³/mol. The molecule has 146 valence electrons. The minimum absolute atomic E-state index is 0.125. The van der Waals surface area contributed by atoms with E-state index in [2.05, 4.69) is 42.3 Å². The molecule has 0 aromatic carbocycles. The average Bonchev–Trinajstić information content (AvgIpc) is 3.10. The van der Waals surface area contributed by atoms with Crippen LogP contribution in [0.15, 0.2) is 23.1 Å². The third-order valence-electron chi connectivity index (χ3n) is 5.73. The summed E-state index contributed by atoms with van der Waals surface area (Å²) in [6.45, 7) is 4.95. The lowest BCUT2D eigenvalue weighted by Gasteiger charge is -2.19. The van der Waals surface area contributed by atoms with Gasteiger partial charge in [0.15, 0.2) is 0 Å². The summed E-state index contributed by atoms with van der Waals surface area (Å²) in [5.74, 6) is 8.47. The lowest BCUT2D eigenvalue weighted by Crippen LogP contribution is -2.19. The molecule has 2 fully saturated rings. The molecule has 26 heavy (non-hydrogen) atoms. The van der Waals surface area contributed by atoms with Gasteiger partial charge in [0.25, 0.3) is 0 Å². The summed E-state index contributed by atoms with van der Waals surface area (Å²) in [4.78, 5) is 2.21. The first-order chi connectivity index (χ1) is 12.4. The van der Waals surface area contributed by atoms with Gasteiger partial charge in [0.05, 0.1) is 12.2 Å². The molecule has 0 heterocycles. The fourth-order valence-corrected chi connectivity index (χ4v) is 5.11. The van der Waals surface area contributed by atoms with Crippen molar-refractivity contribution in [2.24, 2.45) is 23.7 Å². The minimum atomic E-state index is -0.486. The fourth-order valence-electron chi connectivity index (χ4n) is 4.10. The van der Waals surface area contributed by atoms with E-state index < -0.39 is 6.10 Å². The summed E-state index contributed by atoms with van der Waals surface area (Å²) in [7, 11) is 4.21. The molecule has 0 amide bonds. The van der Waals surface area contributed by atoms with Gasteiger partial charge < -0.3 is 15.1 Å². The minimum Gasteiger partial charge on any atom is -0.392 e. The van der Waals surface area contributed by atoms with Crippen LogP contribution in [0.25, 0.3) is 0 Å². The smallest absolute Gasteiger partial charge is 0.0755 e. The summed E-state index contributed by atoms with van der Waals surface area (Å²) < 4.78 is 0. The van der Waals surface area contributed by atoms with Crippen molar-refractivity contribution in [2.75, 3.05) is 26.4 Å². The molecule has 0 unspecified atom stereocenters. The van der Waals surface area contributed by atoms with Crippen molar-refractivity contribution in [3.8, 4) is 11.8 Å². The summed E-state index contributed by atoms with van der Waals surface area (Å²) in [5.41, 5.74) is 1.54. The number of rotatable bonds is 8. The second-order valence-electron chi connectivity index (χ2n) is 8.15. The van der Waals surface area contributed by atoms with E-state index in [1.807, 2.05) is 31.7 Å². The van der Waals surface area contributed by atoms with E-state index in [0.29, 0.717) is 18.3 Å². The Morgan fingerprint density at radius 3 is 2.81 bits per heavy atom. The average molecular weight is 378 g/mol. The van der Waals surface area contributed by atoms with E-state index in [0.717, 1.165) is 31.6 Å². The SMILES string of the molecule is CC#CC[C@@H](C)[C@H](O)/C=C/[C@@H]1[C@H]2C/C(=C/SCCN(C)C)C[C@H]2C[C@H]1O. The van der Waals surface area contributed by atoms with E-state index in [1.165, 1.54) is 0 Å². The van der Waals surface area contributed by atoms with Gasteiger partial charge in [0, 0.05) is 24.6 Å². The lowest BCUT2D eigenvalue weighted by molar-refractivity contribution is 0.137. The fraction of sp³-hybridized carbons (Fsp3) is 0.727. The van der Waals surface area contributed by atoms with Gasteiger partial charge in [-0.25, -0.2) is 0 Å². The molecule has 0 bridgehead atoms. The van der Waals surface area contributed by atoms with E-state index in [4.69, 9.17) is 0 Å². The van der Waals surface area contributed by atoms with Gasteiger partial charge in [-0.05, 0) is 63.4 Å². The Kier molecular flexibility index (Phi) is 8.76. The van der Waals surface area contributed by atoms with Gasteiger partial charge in [-0.1, -0.05) is 24.6 Å². The van der Waals surface area contributed by atoms with Crippen LogP contribution in [0, 0.1) is 35.5 Å². The molecule has 0 aliphatic heterocycles. The molecule has 2 aliphatic rings. The summed E-state index contributed by atoms with van der Waals surface area (Å²) in [6, 6.07) is 0. The third-order valence-corrected chi connectivity index (χ3v) is 6.65. The van der Waals surface area contributed by atoms with Crippen LogP contribution < -0.4 is 0 Å². The lowest BCUT2D eigenvalue weighted by atomic mass is 9.89. The van der Waals surface area contributed by atoms with E-state index in [1.54, 1.807) is 5.57 Å². The Morgan fingerprint density at radius 1 is 1.35 bits per heavy atom. The van der Waals surface area contributed by atoms with Crippen molar-refractivity contribution in [1.82, 2.24) is 4.90 Å². The predicted octanol–water partition coefficient (Wildman–Crippen LogP) is 3.54. The van der Waals surface area contributed by atoms with Crippen molar-refractivity contribution < 1.29 is 10.2 Å². The van der Waals surface area contributed by atoms with Crippen LogP contribution in [-0.4, -0.2) is 53.7 Å². The Balaban J connectivity index is 1.89. The topological polar surface area (TPSA) is 43.7 Å². The maximum absolute atomic E-state index is 10.5. The molecule has 0 aromatic rings. The maximum Gasteiger partial charge on any atom is 0.0755 e. The highest BCUT2D eigenvalue weighted by Crippen LogP contribution is 2.50. The highest BCUT2D eigenvalue weighted by molar-refractivity contribution is 8.02. The molecular weight excluding hydrogens is 342 g/mol. The summed E-state index contributed by atoms with van der Waals surface area (Å²) in [6.07, 6.45) is 7.06. The number of aliphatic hydroxyl groups is 2. The van der Waals surface area contributed by atoms with Crippen molar-refractivity contribution in [1.29, 1.82) is 0 Å². The summed E-state index contributed by atoms with van der Waals surface area (Å²) >= 11 is 1.91. The van der Waals surface area contributed by atoms with Crippen LogP contribution >= 0.6 is 11.8 Å². The molecule has 3 nitrogen and oxygen atoms in total. The number of thioether (sulfide) groups is 1. The molecule has 4 heteroatoms. The molecule has 0 radical (unpaired) electrons. The van der Waals surface area contributed by atoms with Crippen LogP contribution in [0.1, 0.15) is 39.5 Å². The Labute approximate surface area is 163 Å². The van der Waals surface area contributed by atoms with Gasteiger partial charge in [0.2, 0.25) is 0 Å². The first kappa shape index (κ1) is 21.6. The number of allylic oxidation sites excluding steroid dienone is 1. The van der Waals surface area contributed by atoms with Gasteiger partial charge in [-0.2, -0.15) is 0 Å². The van der Waals surface area contributed by atoms with Gasteiger partial charge in [-0.15, -0.1) is 23.6 Å². The molecule has 0 spiro atoms. The van der Waals surface area contributed by atoms with Gasteiger partial charge in [-0.3, -0.25) is 0 Å². The second kappa shape index (κ2) is 10.6. The monoisotopic (exact) mass is 377 g/mol. The molecule has 6 atom stereocenters. The standard InChI is InChI=1S/C22H35NO2S/c1-5-6-7-16(2)21(24)9-8-19-20-13-17(12-18(20)14-22(19)25)15-26-11-10-23(3)4/h8-9,15-16,18-22,24-25H,7,10-14H2,1-4H3/b9-8+,17-15+/t16-,18+,19-,20+,21-,22-/m1/s1. The molecule has 2 aliphatic carbocycles. The molecule has 2 N–H and O–H groups in total. The number of hydrogen-bond donors (Lipinski definition) is 2. The quantitative estimate of drug-likeness (QED) is 0.386. The van der Waals surface area contributed by atoms with Crippen molar-refractivity contribution >= 4 is 11.8 Å². The molecule has 0 aromatic heterocycles. The zero-order valence-electron chi connectivity index (χ0n) is 16.7. The van der Waals surface area contributed by atoms with Crippen LogP contribution in [0.5, 0.6) is 0 Å². The number of fused-ring (bicyclic) bond motifs is 1. The zero-order valence-corrected chi connectivity index (χ0v) is 17.5. The van der Waals surface area contributed by atoms with Crippen molar-refractivity contribution in [3.05, 3.63) is 23.1 Å². The molecule has 2 saturated carbocycles. The van der Waals surface area contributed by atoms with Crippen LogP contribution in [0.4, 0.5) is 0 Å². The molecule has 2 rings (SSSR count). The Hall–Kier alpha value is -0.730. The van der Waals surface area contributed by atoms with E-state index >= 15 is 0 Å². The van der Waals surface area contributed by atoms with Crippen molar-refractivity contribution in [2.45, 2.75) is 51.7 Å². The highest BCUT2D eigenvalue weighted by Gasteiger charge is 2.45.